The van der Waals surface area contributed by atoms with E-state index in [1.807, 2.05) is 35.7 Å². The van der Waals surface area contributed by atoms with Crippen LogP contribution in [0.25, 0.3) is 11.3 Å². The van der Waals surface area contributed by atoms with Crippen LogP contribution in [0.4, 0.5) is 10.8 Å². The number of anilines is 2. The monoisotopic (exact) mass is 446 g/mol. The smallest absolute Gasteiger partial charge is 0.227 e. The molecule has 0 aliphatic heterocycles. The lowest BCUT2D eigenvalue weighted by Gasteiger charge is -2.21. The summed E-state index contributed by atoms with van der Waals surface area (Å²) in [7, 11) is 0. The zero-order valence-electron chi connectivity index (χ0n) is 18.5. The SMILES string of the molecule is Cc1cc(C)c(-c2csc(NC(=O)CCC(=O)N(CCC#N)c3ccccc3)n2)cc1C. The zero-order chi connectivity index (χ0) is 23.1. The van der Waals surface area contributed by atoms with Crippen LogP contribution >= 0.6 is 11.3 Å². The standard InChI is InChI=1S/C25H26N4O2S/c1-17-14-19(3)21(15-18(17)2)22-16-32-25(27-22)28-23(30)10-11-24(31)29(13-7-12-26)20-8-5-4-6-9-20/h4-6,8-9,14-16H,7,10-11,13H2,1-3H3,(H,27,28,30). The highest BCUT2D eigenvalue weighted by Crippen LogP contribution is 2.29. The van der Waals surface area contributed by atoms with Gasteiger partial charge in [-0.3, -0.25) is 9.59 Å². The van der Waals surface area contributed by atoms with Crippen molar-refractivity contribution in [1.82, 2.24) is 4.98 Å². The van der Waals surface area contributed by atoms with Crippen LogP contribution in [0, 0.1) is 32.1 Å². The van der Waals surface area contributed by atoms with Gasteiger partial charge in [-0.15, -0.1) is 11.3 Å². The van der Waals surface area contributed by atoms with Crippen molar-refractivity contribution in [1.29, 1.82) is 5.26 Å². The number of hydrogen-bond acceptors (Lipinski definition) is 5. The average Bonchev–Trinajstić information content (AvgIpc) is 3.24. The number of aromatic nitrogens is 1. The van der Waals surface area contributed by atoms with Crippen molar-refractivity contribution in [2.45, 2.75) is 40.0 Å². The maximum Gasteiger partial charge on any atom is 0.227 e. The van der Waals surface area contributed by atoms with Gasteiger partial charge in [0.15, 0.2) is 5.13 Å². The first-order valence-corrected chi connectivity index (χ1v) is 11.3. The molecule has 0 aliphatic carbocycles. The van der Waals surface area contributed by atoms with E-state index in [0.717, 1.165) is 22.5 Å². The van der Waals surface area contributed by atoms with Gasteiger partial charge in [0.25, 0.3) is 0 Å². The van der Waals surface area contributed by atoms with Crippen molar-refractivity contribution in [3.8, 4) is 17.3 Å². The number of carbonyl (C=O) groups excluding carboxylic acids is 2. The van der Waals surface area contributed by atoms with Crippen molar-refractivity contribution in [3.05, 3.63) is 64.5 Å². The van der Waals surface area contributed by atoms with Crippen LogP contribution in [0.5, 0.6) is 0 Å². The molecule has 3 aromatic rings. The van der Waals surface area contributed by atoms with Crippen LogP contribution in [0.1, 0.15) is 36.0 Å². The largest absolute Gasteiger partial charge is 0.311 e. The molecule has 0 unspecified atom stereocenters. The molecule has 6 nitrogen and oxygen atoms in total. The van der Waals surface area contributed by atoms with Crippen molar-refractivity contribution in [2.24, 2.45) is 0 Å². The van der Waals surface area contributed by atoms with Crippen LogP contribution in [0.3, 0.4) is 0 Å². The Kier molecular flexibility index (Phi) is 7.74. The number of nitrogens with zero attached hydrogens (tertiary/aromatic N) is 3. The fourth-order valence-corrected chi connectivity index (χ4v) is 4.12. The predicted molar refractivity (Wildman–Crippen MR) is 129 cm³/mol. The highest BCUT2D eigenvalue weighted by molar-refractivity contribution is 7.14. The Morgan fingerprint density at radius 2 is 1.78 bits per heavy atom. The summed E-state index contributed by atoms with van der Waals surface area (Å²) < 4.78 is 0. The Hall–Kier alpha value is -3.50. The van der Waals surface area contributed by atoms with E-state index in [-0.39, 0.29) is 31.1 Å². The number of nitriles is 1. The van der Waals surface area contributed by atoms with Crippen LogP contribution in [-0.2, 0) is 9.59 Å². The number of aryl methyl sites for hydroxylation is 3. The highest BCUT2D eigenvalue weighted by atomic mass is 32.1. The first-order chi connectivity index (χ1) is 15.4. The van der Waals surface area contributed by atoms with Gasteiger partial charge in [-0.25, -0.2) is 4.98 Å². The summed E-state index contributed by atoms with van der Waals surface area (Å²) in [5.74, 6) is -0.448. The zero-order valence-corrected chi connectivity index (χ0v) is 19.3. The van der Waals surface area contributed by atoms with Crippen molar-refractivity contribution in [3.63, 3.8) is 0 Å². The van der Waals surface area contributed by atoms with Gasteiger partial charge in [-0.05, 0) is 55.7 Å². The fourth-order valence-electron chi connectivity index (χ4n) is 3.40. The third kappa shape index (κ3) is 5.80. The second-order valence-electron chi connectivity index (χ2n) is 7.63. The summed E-state index contributed by atoms with van der Waals surface area (Å²) >= 11 is 1.37. The molecule has 0 saturated heterocycles. The van der Waals surface area contributed by atoms with Gasteiger partial charge < -0.3 is 10.2 Å². The summed E-state index contributed by atoms with van der Waals surface area (Å²) in [6, 6.07) is 15.5. The van der Waals surface area contributed by atoms with Crippen LogP contribution in [0.15, 0.2) is 47.8 Å². The van der Waals surface area contributed by atoms with Crippen LogP contribution in [0.2, 0.25) is 0 Å². The highest BCUT2D eigenvalue weighted by Gasteiger charge is 2.17. The first kappa shape index (κ1) is 23.2. The minimum atomic E-state index is -0.260. The molecule has 7 heteroatoms. The van der Waals surface area contributed by atoms with Crippen LogP contribution < -0.4 is 10.2 Å². The number of thiazole rings is 1. The molecule has 0 aliphatic rings. The second kappa shape index (κ2) is 10.7. The van der Waals surface area contributed by atoms with Gasteiger partial charge in [0.05, 0.1) is 18.2 Å². The van der Waals surface area contributed by atoms with Gasteiger partial charge in [0.1, 0.15) is 0 Å². The number of benzene rings is 2. The lowest BCUT2D eigenvalue weighted by Crippen LogP contribution is -2.32. The summed E-state index contributed by atoms with van der Waals surface area (Å²) in [6.07, 6.45) is 0.333. The van der Waals surface area contributed by atoms with E-state index in [9.17, 15) is 9.59 Å². The van der Waals surface area contributed by atoms with E-state index in [1.165, 1.54) is 22.5 Å². The Bertz CT molecular complexity index is 1150. The molecule has 2 amide bonds. The molecule has 0 fully saturated rings. The van der Waals surface area contributed by atoms with Gasteiger partial charge >= 0.3 is 0 Å². The molecule has 32 heavy (non-hydrogen) atoms. The van der Waals surface area contributed by atoms with Gasteiger partial charge in [-0.1, -0.05) is 24.3 Å². The number of rotatable bonds is 8. The van der Waals surface area contributed by atoms with E-state index in [4.69, 9.17) is 5.26 Å². The number of nitrogens with one attached hydrogen (secondary N) is 1. The quantitative estimate of drug-likeness (QED) is 0.502. The molecule has 164 valence electrons. The minimum Gasteiger partial charge on any atom is -0.311 e. The molecule has 0 spiro atoms. The summed E-state index contributed by atoms with van der Waals surface area (Å²) in [4.78, 5) is 31.3. The normalized spacial score (nSPS) is 10.4. The van der Waals surface area contributed by atoms with E-state index in [1.54, 1.807) is 4.90 Å². The molecular weight excluding hydrogens is 420 g/mol. The summed E-state index contributed by atoms with van der Waals surface area (Å²) in [5.41, 5.74) is 6.17. The third-order valence-corrected chi connectivity index (χ3v) is 6.01. The number of amides is 2. The molecule has 0 radical (unpaired) electrons. The topological polar surface area (TPSA) is 86.1 Å². The molecule has 0 bridgehead atoms. The molecule has 2 aromatic carbocycles. The van der Waals surface area contributed by atoms with E-state index in [2.05, 4.69) is 49.3 Å². The number of hydrogen-bond donors (Lipinski definition) is 1. The molecule has 1 N–H and O–H groups in total. The summed E-state index contributed by atoms with van der Waals surface area (Å²) in [5, 5.41) is 14.1. The predicted octanol–water partition coefficient (Wildman–Crippen LogP) is 5.40. The van der Waals surface area contributed by atoms with Gasteiger partial charge in [0, 0.05) is 36.0 Å². The fraction of sp³-hybridized carbons (Fsp3) is 0.280. The second-order valence-corrected chi connectivity index (χ2v) is 8.48. The Labute approximate surface area is 192 Å². The van der Waals surface area contributed by atoms with Gasteiger partial charge in [0.2, 0.25) is 11.8 Å². The molecule has 3 rings (SSSR count). The summed E-state index contributed by atoms with van der Waals surface area (Å²) in [6.45, 7) is 6.50. The molecular formula is C25H26N4O2S. The first-order valence-electron chi connectivity index (χ1n) is 10.4. The van der Waals surface area contributed by atoms with E-state index < -0.39 is 0 Å². The van der Waals surface area contributed by atoms with Crippen molar-refractivity contribution < 1.29 is 9.59 Å². The van der Waals surface area contributed by atoms with Crippen molar-refractivity contribution in [2.75, 3.05) is 16.8 Å². The number of carbonyl (C=O) groups is 2. The van der Waals surface area contributed by atoms with Crippen LogP contribution in [-0.4, -0.2) is 23.3 Å². The van der Waals surface area contributed by atoms with Gasteiger partial charge in [-0.2, -0.15) is 5.26 Å². The van der Waals surface area contributed by atoms with Crippen molar-refractivity contribution >= 4 is 34.0 Å². The minimum absolute atomic E-state index is 0.0479. The molecule has 1 heterocycles. The van der Waals surface area contributed by atoms with E-state index >= 15 is 0 Å². The number of para-hydroxylation sites is 1. The lowest BCUT2D eigenvalue weighted by atomic mass is 9.99. The molecule has 1 aromatic heterocycles. The maximum absolute atomic E-state index is 12.7. The Morgan fingerprint density at radius 1 is 1.06 bits per heavy atom. The molecule has 0 saturated carbocycles. The third-order valence-electron chi connectivity index (χ3n) is 5.25. The lowest BCUT2D eigenvalue weighted by molar-refractivity contribution is -0.122. The molecule has 0 atom stereocenters. The average molecular weight is 447 g/mol. The Morgan fingerprint density at radius 3 is 2.50 bits per heavy atom. The van der Waals surface area contributed by atoms with E-state index in [0.29, 0.717) is 11.7 Å². The maximum atomic E-state index is 12.7. The Balaban J connectivity index is 1.61.